The number of carbonyl (C=O) groups excluding carboxylic acids is 2. The van der Waals surface area contributed by atoms with Crippen molar-refractivity contribution in [2.45, 2.75) is 33.1 Å². The maximum atomic E-state index is 13.0. The average Bonchev–Trinajstić information content (AvgIpc) is 3.31. The van der Waals surface area contributed by atoms with Crippen molar-refractivity contribution in [2.24, 2.45) is 0 Å². The Morgan fingerprint density at radius 2 is 1.96 bits per heavy atom. The van der Waals surface area contributed by atoms with Crippen molar-refractivity contribution in [2.75, 3.05) is 0 Å². The predicted molar refractivity (Wildman–Crippen MR) is 104 cm³/mol. The van der Waals surface area contributed by atoms with E-state index in [1.54, 1.807) is 12.1 Å². The number of aryl methyl sites for hydroxylation is 3. The third-order valence-corrected chi connectivity index (χ3v) is 5.51. The molecule has 2 N–H and O–H groups in total. The molecule has 8 heteroatoms. The number of hydrogen-bond acceptors (Lipinski definition) is 5. The number of carbonyl (C=O) groups is 2. The minimum atomic E-state index is -0.348. The highest BCUT2D eigenvalue weighted by molar-refractivity contribution is 7.14. The van der Waals surface area contributed by atoms with Gasteiger partial charge in [-0.3, -0.25) is 20.4 Å². The lowest BCUT2D eigenvalue weighted by Crippen LogP contribution is -2.41. The van der Waals surface area contributed by atoms with Crippen LogP contribution in [0.5, 0.6) is 0 Å². The maximum Gasteiger partial charge on any atom is 0.279 e. The van der Waals surface area contributed by atoms with Crippen molar-refractivity contribution in [3.05, 3.63) is 63.6 Å². The summed E-state index contributed by atoms with van der Waals surface area (Å²) in [5.41, 5.74) is 6.60. The van der Waals surface area contributed by atoms with Crippen LogP contribution in [-0.2, 0) is 17.6 Å². The number of thiophene rings is 1. The third kappa shape index (κ3) is 4.83. The highest BCUT2D eigenvalue weighted by Gasteiger charge is 2.13. The second-order valence-corrected chi connectivity index (χ2v) is 7.33. The van der Waals surface area contributed by atoms with Crippen LogP contribution in [-0.4, -0.2) is 16.8 Å². The molecule has 3 aromatic rings. The van der Waals surface area contributed by atoms with Crippen molar-refractivity contribution >= 4 is 23.2 Å². The topological polar surface area (TPSA) is 84.2 Å². The standard InChI is InChI=1S/C20H20FN3O3S/c1-3-16-12(2)10-17(28-16)20(26)24-23-18(25)8-9-19-22-11-15(27-19)13-4-6-14(21)7-5-13/h4-7,10-11H,3,8-9H2,1-2H3,(H,23,25)(H,24,26). The van der Waals surface area contributed by atoms with Gasteiger partial charge in [-0.05, 0) is 49.2 Å². The predicted octanol–water partition coefficient (Wildman–Crippen LogP) is 3.81. The molecule has 0 aliphatic carbocycles. The number of halogens is 1. The Hall–Kier alpha value is -3.00. The summed E-state index contributed by atoms with van der Waals surface area (Å²) in [7, 11) is 0. The van der Waals surface area contributed by atoms with Gasteiger partial charge in [-0.1, -0.05) is 6.92 Å². The maximum absolute atomic E-state index is 13.0. The van der Waals surface area contributed by atoms with E-state index in [4.69, 9.17) is 4.42 Å². The highest BCUT2D eigenvalue weighted by Crippen LogP contribution is 2.22. The first-order chi connectivity index (χ1) is 13.5. The van der Waals surface area contributed by atoms with E-state index in [1.165, 1.54) is 29.7 Å². The van der Waals surface area contributed by atoms with E-state index in [0.29, 0.717) is 22.1 Å². The number of hydrazine groups is 1. The van der Waals surface area contributed by atoms with Crippen LogP contribution in [0.2, 0.25) is 0 Å². The van der Waals surface area contributed by atoms with Gasteiger partial charge in [-0.15, -0.1) is 11.3 Å². The van der Waals surface area contributed by atoms with Gasteiger partial charge in [0.15, 0.2) is 11.7 Å². The highest BCUT2D eigenvalue weighted by atomic mass is 32.1. The Kier molecular flexibility index (Phi) is 6.20. The first kappa shape index (κ1) is 19.8. The van der Waals surface area contributed by atoms with Crippen LogP contribution in [0.15, 0.2) is 40.9 Å². The molecule has 0 aliphatic heterocycles. The van der Waals surface area contributed by atoms with Gasteiger partial charge in [0.2, 0.25) is 5.91 Å². The van der Waals surface area contributed by atoms with Crippen LogP contribution in [0, 0.1) is 12.7 Å². The zero-order valence-corrected chi connectivity index (χ0v) is 16.4. The number of benzene rings is 1. The smallest absolute Gasteiger partial charge is 0.279 e. The Labute approximate surface area is 165 Å². The molecule has 2 heterocycles. The molecule has 0 saturated heterocycles. The zero-order chi connectivity index (χ0) is 20.1. The lowest BCUT2D eigenvalue weighted by molar-refractivity contribution is -0.121. The molecular weight excluding hydrogens is 381 g/mol. The summed E-state index contributed by atoms with van der Waals surface area (Å²) < 4.78 is 18.6. The number of rotatable bonds is 6. The van der Waals surface area contributed by atoms with Crippen molar-refractivity contribution in [3.8, 4) is 11.3 Å². The van der Waals surface area contributed by atoms with Crippen LogP contribution >= 0.6 is 11.3 Å². The van der Waals surface area contributed by atoms with E-state index in [0.717, 1.165) is 16.9 Å². The number of oxazole rings is 1. The quantitative estimate of drug-likeness (QED) is 0.615. The Balaban J connectivity index is 1.48. The largest absolute Gasteiger partial charge is 0.441 e. The molecule has 0 radical (unpaired) electrons. The van der Waals surface area contributed by atoms with E-state index in [-0.39, 0.29) is 30.5 Å². The number of nitrogens with one attached hydrogen (secondary N) is 2. The number of nitrogens with zero attached hydrogens (tertiary/aromatic N) is 1. The normalized spacial score (nSPS) is 10.7. The monoisotopic (exact) mass is 401 g/mol. The second-order valence-electron chi connectivity index (χ2n) is 6.20. The van der Waals surface area contributed by atoms with E-state index in [1.807, 2.05) is 19.9 Å². The molecule has 0 aliphatic rings. The molecule has 28 heavy (non-hydrogen) atoms. The summed E-state index contributed by atoms with van der Waals surface area (Å²) in [5, 5.41) is 0. The molecule has 2 amide bonds. The molecule has 0 unspecified atom stereocenters. The van der Waals surface area contributed by atoms with Gasteiger partial charge in [0.05, 0.1) is 11.1 Å². The Morgan fingerprint density at radius 3 is 2.64 bits per heavy atom. The van der Waals surface area contributed by atoms with Gasteiger partial charge in [-0.25, -0.2) is 9.37 Å². The summed E-state index contributed by atoms with van der Waals surface area (Å²) >= 11 is 1.42. The minimum Gasteiger partial charge on any atom is -0.441 e. The summed E-state index contributed by atoms with van der Waals surface area (Å²) in [5.74, 6) is -0.119. The minimum absolute atomic E-state index is 0.104. The summed E-state index contributed by atoms with van der Waals surface area (Å²) in [6.07, 6.45) is 2.78. The molecule has 3 rings (SSSR count). The van der Waals surface area contributed by atoms with Crippen molar-refractivity contribution in [1.82, 2.24) is 15.8 Å². The fourth-order valence-corrected chi connectivity index (χ4v) is 3.64. The average molecular weight is 401 g/mol. The van der Waals surface area contributed by atoms with Crippen molar-refractivity contribution in [1.29, 1.82) is 0 Å². The molecule has 0 saturated carbocycles. The molecule has 0 bridgehead atoms. The summed E-state index contributed by atoms with van der Waals surface area (Å²) in [6.45, 7) is 3.99. The molecule has 146 valence electrons. The van der Waals surface area contributed by atoms with Gasteiger partial charge in [0.25, 0.3) is 5.91 Å². The van der Waals surface area contributed by atoms with Crippen LogP contribution in [0.1, 0.15) is 39.3 Å². The van der Waals surface area contributed by atoms with Crippen LogP contribution in [0.25, 0.3) is 11.3 Å². The lowest BCUT2D eigenvalue weighted by atomic mass is 10.2. The molecule has 0 atom stereocenters. The first-order valence-electron chi connectivity index (χ1n) is 8.85. The first-order valence-corrected chi connectivity index (χ1v) is 9.67. The number of amides is 2. The van der Waals surface area contributed by atoms with Gasteiger partial charge < -0.3 is 4.42 Å². The van der Waals surface area contributed by atoms with Gasteiger partial charge in [-0.2, -0.15) is 0 Å². The number of aromatic nitrogens is 1. The molecule has 0 spiro atoms. The second kappa shape index (κ2) is 8.79. The van der Waals surface area contributed by atoms with Gasteiger partial charge in [0, 0.05) is 23.3 Å². The molecule has 1 aromatic carbocycles. The molecule has 6 nitrogen and oxygen atoms in total. The molecule has 2 aromatic heterocycles. The van der Waals surface area contributed by atoms with Gasteiger partial charge >= 0.3 is 0 Å². The lowest BCUT2D eigenvalue weighted by Gasteiger charge is -2.05. The van der Waals surface area contributed by atoms with E-state index in [9.17, 15) is 14.0 Å². The zero-order valence-electron chi connectivity index (χ0n) is 15.5. The van der Waals surface area contributed by atoms with E-state index >= 15 is 0 Å². The summed E-state index contributed by atoms with van der Waals surface area (Å²) in [6, 6.07) is 7.68. The van der Waals surface area contributed by atoms with Crippen molar-refractivity contribution in [3.63, 3.8) is 0 Å². The van der Waals surface area contributed by atoms with Crippen LogP contribution in [0.3, 0.4) is 0 Å². The fraction of sp³-hybridized carbons (Fsp3) is 0.250. The summed E-state index contributed by atoms with van der Waals surface area (Å²) in [4.78, 5) is 29.9. The number of hydrogen-bond donors (Lipinski definition) is 2. The third-order valence-electron chi connectivity index (χ3n) is 4.13. The Morgan fingerprint density at radius 1 is 1.21 bits per heavy atom. The molecular formula is C20H20FN3O3S. The molecule has 0 fully saturated rings. The van der Waals surface area contributed by atoms with Gasteiger partial charge in [0.1, 0.15) is 5.82 Å². The van der Waals surface area contributed by atoms with E-state index in [2.05, 4.69) is 15.8 Å². The van der Waals surface area contributed by atoms with E-state index < -0.39 is 0 Å². The Bertz CT molecular complexity index is 979. The van der Waals surface area contributed by atoms with Crippen LogP contribution < -0.4 is 10.9 Å². The fourth-order valence-electron chi connectivity index (χ4n) is 2.63. The SMILES string of the molecule is CCc1sc(C(=O)NNC(=O)CCc2ncc(-c3ccc(F)cc3)o2)cc1C. The van der Waals surface area contributed by atoms with Crippen molar-refractivity contribution < 1.29 is 18.4 Å². The van der Waals surface area contributed by atoms with Crippen LogP contribution in [0.4, 0.5) is 4.39 Å².